The topological polar surface area (TPSA) is 40.1 Å². The van der Waals surface area contributed by atoms with E-state index in [-0.39, 0.29) is 0 Å². The zero-order valence-corrected chi connectivity index (χ0v) is 12.5. The fourth-order valence-electron chi connectivity index (χ4n) is 2.44. The van der Waals surface area contributed by atoms with E-state index in [1.807, 2.05) is 0 Å². The van der Waals surface area contributed by atoms with Gasteiger partial charge >= 0.3 is 0 Å². The molecule has 0 amide bonds. The largest absolute Gasteiger partial charge is 0.337 e. The Morgan fingerprint density at radius 2 is 2.17 bits per heavy atom. The second-order valence-corrected chi connectivity index (χ2v) is 5.71. The first-order valence-corrected chi connectivity index (χ1v) is 7.03. The molecular weight excluding hydrogens is 246 g/mol. The highest BCUT2D eigenvalue weighted by Gasteiger charge is 2.30. The van der Waals surface area contributed by atoms with E-state index in [2.05, 4.69) is 52.5 Å². The summed E-state index contributed by atoms with van der Waals surface area (Å²) in [5.74, 6) is 0.999. The van der Waals surface area contributed by atoms with Gasteiger partial charge in [-0.2, -0.15) is 0 Å². The highest BCUT2D eigenvalue weighted by molar-refractivity contribution is 7.71. The van der Waals surface area contributed by atoms with Gasteiger partial charge in [-0.3, -0.25) is 4.57 Å². The van der Waals surface area contributed by atoms with Crippen LogP contribution in [-0.4, -0.2) is 52.9 Å². The molecule has 1 aromatic rings. The van der Waals surface area contributed by atoms with Crippen molar-refractivity contribution >= 4 is 18.2 Å². The van der Waals surface area contributed by atoms with E-state index in [0.717, 1.165) is 23.8 Å². The van der Waals surface area contributed by atoms with Crippen molar-refractivity contribution in [2.75, 3.05) is 32.1 Å². The van der Waals surface area contributed by atoms with Crippen molar-refractivity contribution in [2.24, 2.45) is 0 Å². The van der Waals surface area contributed by atoms with E-state index in [9.17, 15) is 0 Å². The first-order chi connectivity index (χ1) is 8.54. The van der Waals surface area contributed by atoms with Crippen molar-refractivity contribution in [3.63, 3.8) is 0 Å². The van der Waals surface area contributed by atoms with Crippen LogP contribution in [-0.2, 0) is 0 Å². The fraction of sp³-hybridized carbons (Fsp3) is 0.833. The molecule has 2 rings (SSSR count). The van der Waals surface area contributed by atoms with Crippen molar-refractivity contribution in [1.82, 2.24) is 19.7 Å². The predicted octanol–water partition coefficient (Wildman–Crippen LogP) is 2.05. The molecule has 1 aliphatic carbocycles. The third kappa shape index (κ3) is 2.75. The predicted molar refractivity (Wildman–Crippen MR) is 76.7 cm³/mol. The minimum atomic E-state index is 0.424. The molecule has 0 bridgehead atoms. The molecule has 0 aromatic carbocycles. The van der Waals surface area contributed by atoms with Crippen molar-refractivity contribution < 1.29 is 0 Å². The van der Waals surface area contributed by atoms with E-state index >= 15 is 0 Å². The minimum absolute atomic E-state index is 0.424. The molecule has 6 heteroatoms. The molecule has 1 N–H and O–H groups in total. The van der Waals surface area contributed by atoms with Gasteiger partial charge in [0.15, 0.2) is 4.77 Å². The standard InChI is InChI=1S/C12H23N5S/c1-5-16(9(2)8-15(3)4)11-13-14-12(18)17(11)10-6-7-10/h9-10H,5-8H2,1-4H3,(H,14,18). The fourth-order valence-corrected chi connectivity index (χ4v) is 2.71. The highest BCUT2D eigenvalue weighted by atomic mass is 32.1. The van der Waals surface area contributed by atoms with Gasteiger partial charge in [-0.1, -0.05) is 0 Å². The van der Waals surface area contributed by atoms with Crippen molar-refractivity contribution in [3.8, 4) is 0 Å². The summed E-state index contributed by atoms with van der Waals surface area (Å²) in [6, 6.07) is 0.986. The summed E-state index contributed by atoms with van der Waals surface area (Å²) in [7, 11) is 4.20. The molecule has 1 aromatic heterocycles. The van der Waals surface area contributed by atoms with Crippen molar-refractivity contribution in [3.05, 3.63) is 4.77 Å². The van der Waals surface area contributed by atoms with Crippen LogP contribution in [0.25, 0.3) is 0 Å². The van der Waals surface area contributed by atoms with Crippen LogP contribution in [0.3, 0.4) is 0 Å². The van der Waals surface area contributed by atoms with Gasteiger partial charge in [0, 0.05) is 25.2 Å². The molecule has 0 saturated heterocycles. The lowest BCUT2D eigenvalue weighted by Gasteiger charge is -2.30. The number of anilines is 1. The Kier molecular flexibility index (Phi) is 4.07. The Hall–Kier alpha value is -0.880. The van der Waals surface area contributed by atoms with Gasteiger partial charge in [-0.25, -0.2) is 5.10 Å². The third-order valence-electron chi connectivity index (χ3n) is 3.36. The van der Waals surface area contributed by atoms with E-state index in [1.54, 1.807) is 0 Å². The van der Waals surface area contributed by atoms with Crippen LogP contribution in [0.15, 0.2) is 0 Å². The lowest BCUT2D eigenvalue weighted by molar-refractivity contribution is 0.370. The molecule has 1 atom stereocenters. The van der Waals surface area contributed by atoms with Gasteiger partial charge in [-0.15, -0.1) is 5.10 Å². The third-order valence-corrected chi connectivity index (χ3v) is 3.64. The van der Waals surface area contributed by atoms with E-state index < -0.39 is 0 Å². The van der Waals surface area contributed by atoms with Crippen LogP contribution < -0.4 is 4.90 Å². The van der Waals surface area contributed by atoms with Crippen LogP contribution in [0.5, 0.6) is 0 Å². The lowest BCUT2D eigenvalue weighted by Crippen LogP contribution is -2.41. The molecule has 1 aliphatic rings. The molecule has 102 valence electrons. The van der Waals surface area contributed by atoms with E-state index in [1.165, 1.54) is 12.8 Å². The summed E-state index contributed by atoms with van der Waals surface area (Å²) in [6.07, 6.45) is 2.45. The quantitative estimate of drug-likeness (QED) is 0.803. The number of H-pyrrole nitrogens is 1. The van der Waals surface area contributed by atoms with Gasteiger partial charge in [0.25, 0.3) is 0 Å². The summed E-state index contributed by atoms with van der Waals surface area (Å²) in [4.78, 5) is 4.53. The summed E-state index contributed by atoms with van der Waals surface area (Å²) in [5, 5.41) is 7.37. The number of hydrogen-bond acceptors (Lipinski definition) is 4. The number of aromatic amines is 1. The Bertz CT molecular complexity index is 446. The average molecular weight is 269 g/mol. The molecular formula is C12H23N5S. The summed E-state index contributed by atoms with van der Waals surface area (Å²) >= 11 is 5.34. The maximum Gasteiger partial charge on any atom is 0.226 e. The normalized spacial score (nSPS) is 17.2. The molecule has 1 heterocycles. The number of aromatic nitrogens is 3. The Morgan fingerprint density at radius 3 is 2.67 bits per heavy atom. The second-order valence-electron chi connectivity index (χ2n) is 5.33. The second kappa shape index (κ2) is 5.40. The molecule has 0 aliphatic heterocycles. The van der Waals surface area contributed by atoms with Crippen LogP contribution in [0.4, 0.5) is 5.95 Å². The molecule has 0 radical (unpaired) electrons. The van der Waals surface area contributed by atoms with Crippen LogP contribution >= 0.6 is 12.2 Å². The summed E-state index contributed by atoms with van der Waals surface area (Å²) in [6.45, 7) is 6.36. The van der Waals surface area contributed by atoms with E-state index in [4.69, 9.17) is 12.2 Å². The molecule has 18 heavy (non-hydrogen) atoms. The van der Waals surface area contributed by atoms with Crippen LogP contribution in [0, 0.1) is 4.77 Å². The summed E-state index contributed by atoms with van der Waals surface area (Å²) in [5.41, 5.74) is 0. The number of hydrogen-bond donors (Lipinski definition) is 1. The number of nitrogens with zero attached hydrogens (tertiary/aromatic N) is 4. The molecule has 1 saturated carbocycles. The van der Waals surface area contributed by atoms with Crippen molar-refractivity contribution in [2.45, 2.75) is 38.8 Å². The SMILES string of the molecule is CCN(c1n[nH]c(=S)n1C1CC1)C(C)CN(C)C. The number of nitrogens with one attached hydrogen (secondary N) is 1. The Morgan fingerprint density at radius 1 is 1.50 bits per heavy atom. The lowest BCUT2D eigenvalue weighted by atomic mass is 10.3. The maximum absolute atomic E-state index is 5.34. The van der Waals surface area contributed by atoms with Crippen LogP contribution in [0.2, 0.25) is 0 Å². The monoisotopic (exact) mass is 269 g/mol. The smallest absolute Gasteiger partial charge is 0.226 e. The zero-order chi connectivity index (χ0) is 13.3. The molecule has 1 fully saturated rings. The highest BCUT2D eigenvalue weighted by Crippen LogP contribution is 2.38. The van der Waals surface area contributed by atoms with Crippen LogP contribution in [0.1, 0.15) is 32.7 Å². The molecule has 0 spiro atoms. The first kappa shape index (κ1) is 13.5. The first-order valence-electron chi connectivity index (χ1n) is 6.62. The number of rotatable bonds is 6. The maximum atomic E-state index is 5.34. The van der Waals surface area contributed by atoms with Gasteiger partial charge < -0.3 is 9.80 Å². The minimum Gasteiger partial charge on any atom is -0.337 e. The van der Waals surface area contributed by atoms with Gasteiger partial charge in [0.2, 0.25) is 5.95 Å². The van der Waals surface area contributed by atoms with Gasteiger partial charge in [0.1, 0.15) is 0 Å². The van der Waals surface area contributed by atoms with Gasteiger partial charge in [-0.05, 0) is 53.0 Å². The summed E-state index contributed by atoms with van der Waals surface area (Å²) < 4.78 is 2.94. The van der Waals surface area contributed by atoms with Gasteiger partial charge in [0.05, 0.1) is 0 Å². The Balaban J connectivity index is 2.24. The van der Waals surface area contributed by atoms with E-state index in [0.29, 0.717) is 12.1 Å². The molecule has 5 nitrogen and oxygen atoms in total. The Labute approximate surface area is 114 Å². The number of likely N-dealkylation sites (N-methyl/N-ethyl adjacent to an activating group) is 2. The zero-order valence-electron chi connectivity index (χ0n) is 11.7. The van der Waals surface area contributed by atoms with Crippen molar-refractivity contribution in [1.29, 1.82) is 0 Å². The molecule has 1 unspecified atom stereocenters. The average Bonchev–Trinajstić information content (AvgIpc) is 3.04.